The third-order valence-corrected chi connectivity index (χ3v) is 7.11. The molecule has 2 aliphatic heterocycles. The van der Waals surface area contributed by atoms with Crippen LogP contribution in [-0.2, 0) is 22.5 Å². The molecule has 0 spiro atoms. The highest BCUT2D eigenvalue weighted by Crippen LogP contribution is 2.29. The molecule has 1 saturated heterocycles. The molecule has 3 amide bonds. The second kappa shape index (κ2) is 14.1. The van der Waals surface area contributed by atoms with Gasteiger partial charge < -0.3 is 15.0 Å². The average Bonchev–Trinajstić information content (AvgIpc) is 3.47. The number of thioether (sulfide) groups is 1. The quantitative estimate of drug-likeness (QED) is 0.340. The van der Waals surface area contributed by atoms with E-state index in [0.29, 0.717) is 67.3 Å². The van der Waals surface area contributed by atoms with Crippen molar-refractivity contribution in [1.29, 1.82) is 5.26 Å². The van der Waals surface area contributed by atoms with Crippen molar-refractivity contribution in [2.45, 2.75) is 38.3 Å². The molecule has 4 heterocycles. The largest absolute Gasteiger partial charge is 0.383 e. The second-order valence-corrected chi connectivity index (χ2v) is 10.1. The Bertz CT molecular complexity index is 1250. The molecular formula is C26H32ClN7O4S. The lowest BCUT2D eigenvalue weighted by molar-refractivity contribution is -0.140. The van der Waals surface area contributed by atoms with Gasteiger partial charge in [0.15, 0.2) is 6.29 Å². The van der Waals surface area contributed by atoms with Gasteiger partial charge >= 0.3 is 6.03 Å². The van der Waals surface area contributed by atoms with Crippen LogP contribution in [0.25, 0.3) is 0 Å². The number of amides is 3. The third-order valence-electron chi connectivity index (χ3n) is 6.50. The lowest BCUT2D eigenvalue weighted by Gasteiger charge is -2.29. The summed E-state index contributed by atoms with van der Waals surface area (Å²) < 4.78 is 5.50. The monoisotopic (exact) mass is 573 g/mol. The maximum Gasteiger partial charge on any atom is 0.328 e. The van der Waals surface area contributed by atoms with Crippen molar-refractivity contribution >= 4 is 59.7 Å². The molecule has 0 saturated carbocycles. The molecule has 0 aromatic carbocycles. The van der Waals surface area contributed by atoms with Gasteiger partial charge in [0, 0.05) is 56.9 Å². The van der Waals surface area contributed by atoms with Crippen molar-refractivity contribution in [1.82, 2.24) is 14.9 Å². The van der Waals surface area contributed by atoms with Crippen LogP contribution in [0.5, 0.6) is 0 Å². The topological polar surface area (TPSA) is 141 Å². The van der Waals surface area contributed by atoms with E-state index in [2.05, 4.69) is 26.7 Å². The summed E-state index contributed by atoms with van der Waals surface area (Å²) >= 11 is 1.68. The molecule has 0 radical (unpaired) electrons. The van der Waals surface area contributed by atoms with Crippen LogP contribution in [0.1, 0.15) is 46.4 Å². The van der Waals surface area contributed by atoms with Crippen molar-refractivity contribution in [3.8, 4) is 6.07 Å². The number of hydrogen-bond donors (Lipinski definition) is 2. The highest BCUT2D eigenvalue weighted by molar-refractivity contribution is 7.98. The maximum absolute atomic E-state index is 13.2. The molecule has 4 rings (SSSR count). The van der Waals surface area contributed by atoms with Gasteiger partial charge in [0.1, 0.15) is 29.5 Å². The van der Waals surface area contributed by atoms with Crippen LogP contribution in [-0.4, -0.2) is 77.9 Å². The molecule has 2 aliphatic rings. The zero-order chi connectivity index (χ0) is 27.1. The minimum absolute atomic E-state index is 0. The SMILES string of the molecule is CSCCNc1cc(NC(=O)N2CCCc3cc(CN(C)C(=O)[C@H]4CCCO4)c(C=O)nc32)ncc1C#N.Cl. The van der Waals surface area contributed by atoms with E-state index in [0.717, 1.165) is 24.2 Å². The van der Waals surface area contributed by atoms with Gasteiger partial charge in [-0.1, -0.05) is 0 Å². The molecule has 1 fully saturated rings. The van der Waals surface area contributed by atoms with E-state index in [1.54, 1.807) is 29.8 Å². The van der Waals surface area contributed by atoms with Crippen molar-refractivity contribution < 1.29 is 19.1 Å². The fourth-order valence-corrected chi connectivity index (χ4v) is 4.87. The van der Waals surface area contributed by atoms with Crippen LogP contribution in [0, 0.1) is 11.3 Å². The molecule has 2 N–H and O–H groups in total. The second-order valence-electron chi connectivity index (χ2n) is 9.16. The summed E-state index contributed by atoms with van der Waals surface area (Å²) in [7, 11) is 1.69. The number of halogens is 1. The summed E-state index contributed by atoms with van der Waals surface area (Å²) in [6, 6.07) is 5.17. The van der Waals surface area contributed by atoms with Crippen molar-refractivity contribution in [3.05, 3.63) is 40.7 Å². The van der Waals surface area contributed by atoms with Crippen LogP contribution in [0.2, 0.25) is 0 Å². The lowest BCUT2D eigenvalue weighted by atomic mass is 10.0. The molecule has 39 heavy (non-hydrogen) atoms. The molecule has 13 heteroatoms. The van der Waals surface area contributed by atoms with E-state index in [1.807, 2.05) is 12.3 Å². The highest BCUT2D eigenvalue weighted by atomic mass is 35.5. The summed E-state index contributed by atoms with van der Waals surface area (Å²) in [4.78, 5) is 49.7. The number of fused-ring (bicyclic) bond motifs is 1. The number of nitrogens with one attached hydrogen (secondary N) is 2. The zero-order valence-electron chi connectivity index (χ0n) is 21.9. The number of nitriles is 1. The Hall–Kier alpha value is -3.40. The van der Waals surface area contributed by atoms with Gasteiger partial charge in [-0.05, 0) is 43.6 Å². The first-order valence-electron chi connectivity index (χ1n) is 12.5. The average molecular weight is 574 g/mol. The number of urea groups is 1. The Kier molecular flexibility index (Phi) is 10.9. The minimum atomic E-state index is -0.443. The van der Waals surface area contributed by atoms with Crippen molar-refractivity contribution in [3.63, 3.8) is 0 Å². The molecule has 1 atom stereocenters. The van der Waals surface area contributed by atoms with E-state index >= 15 is 0 Å². The number of likely N-dealkylation sites (N-methyl/N-ethyl adjacent to an activating group) is 1. The van der Waals surface area contributed by atoms with Gasteiger partial charge in [-0.2, -0.15) is 17.0 Å². The fraction of sp³-hybridized carbons (Fsp3) is 0.462. The Morgan fingerprint density at radius 3 is 2.87 bits per heavy atom. The molecule has 0 aliphatic carbocycles. The van der Waals surface area contributed by atoms with Crippen molar-refractivity contribution in [2.24, 2.45) is 0 Å². The molecule has 0 bridgehead atoms. The van der Waals surface area contributed by atoms with Gasteiger partial charge in [0.05, 0.1) is 11.3 Å². The lowest BCUT2D eigenvalue weighted by Crippen LogP contribution is -2.40. The molecular weight excluding hydrogens is 542 g/mol. The first kappa shape index (κ1) is 30.1. The maximum atomic E-state index is 13.2. The molecule has 0 unspecified atom stereocenters. The zero-order valence-corrected chi connectivity index (χ0v) is 23.6. The van der Waals surface area contributed by atoms with Crippen molar-refractivity contribution in [2.75, 3.05) is 54.3 Å². The number of hydrogen-bond acceptors (Lipinski definition) is 9. The number of aromatic nitrogens is 2. The summed E-state index contributed by atoms with van der Waals surface area (Å²) in [5.41, 5.74) is 2.63. The number of pyridine rings is 2. The number of anilines is 3. The van der Waals surface area contributed by atoms with E-state index in [1.165, 1.54) is 11.1 Å². The Morgan fingerprint density at radius 1 is 1.36 bits per heavy atom. The van der Waals surface area contributed by atoms with Crippen LogP contribution in [0.15, 0.2) is 18.3 Å². The predicted molar refractivity (Wildman–Crippen MR) is 153 cm³/mol. The summed E-state index contributed by atoms with van der Waals surface area (Å²) in [6.45, 7) is 1.90. The number of aryl methyl sites for hydroxylation is 1. The molecule has 2 aromatic rings. The summed E-state index contributed by atoms with van der Waals surface area (Å²) in [6.07, 6.45) is 6.59. The van der Waals surface area contributed by atoms with Gasteiger partial charge in [0.2, 0.25) is 0 Å². The highest BCUT2D eigenvalue weighted by Gasteiger charge is 2.29. The Labute approximate surface area is 238 Å². The standard InChI is InChI=1S/C26H31N7O4S.ClH/c1-32(25(35)22-6-4-9-37-22)15-18-11-17-5-3-8-33(24(17)30-21(18)16-34)26(36)31-23-12-20(28-7-10-38-2)19(13-27)14-29-23;/h11-12,14,16,22H,3-10,15H2,1-2H3,(H2,28,29,31,36);1H/t22-;/m1./s1. The molecule has 2 aromatic heterocycles. The Morgan fingerprint density at radius 2 is 2.18 bits per heavy atom. The number of nitrogens with zero attached hydrogens (tertiary/aromatic N) is 5. The van der Waals surface area contributed by atoms with Gasteiger partial charge in [-0.15, -0.1) is 12.4 Å². The summed E-state index contributed by atoms with van der Waals surface area (Å²) in [5.74, 6) is 1.47. The third kappa shape index (κ3) is 7.17. The first-order valence-corrected chi connectivity index (χ1v) is 13.9. The first-order chi connectivity index (χ1) is 18.4. The number of carbonyl (C=O) groups excluding carboxylic acids is 3. The van der Waals surface area contributed by atoms with Crippen LogP contribution in [0.4, 0.5) is 22.1 Å². The van der Waals surface area contributed by atoms with Crippen LogP contribution in [0.3, 0.4) is 0 Å². The van der Waals surface area contributed by atoms with E-state index in [-0.39, 0.29) is 30.6 Å². The predicted octanol–water partition coefficient (Wildman–Crippen LogP) is 3.48. The van der Waals surface area contributed by atoms with Crippen LogP contribution < -0.4 is 15.5 Å². The fourth-order valence-electron chi connectivity index (χ4n) is 4.56. The Balaban J connectivity index is 0.00000420. The van der Waals surface area contributed by atoms with E-state index in [4.69, 9.17) is 4.74 Å². The smallest absolute Gasteiger partial charge is 0.328 e. The molecule has 208 valence electrons. The minimum Gasteiger partial charge on any atom is -0.383 e. The van der Waals surface area contributed by atoms with Gasteiger partial charge in [0.25, 0.3) is 5.91 Å². The van der Waals surface area contributed by atoms with Gasteiger partial charge in [-0.3, -0.25) is 19.8 Å². The summed E-state index contributed by atoms with van der Waals surface area (Å²) in [5, 5.41) is 15.4. The normalized spacial score (nSPS) is 15.9. The number of carbonyl (C=O) groups is 3. The van der Waals surface area contributed by atoms with E-state index < -0.39 is 12.1 Å². The molecule has 11 nitrogen and oxygen atoms in total. The van der Waals surface area contributed by atoms with E-state index in [9.17, 15) is 19.6 Å². The number of aldehydes is 1. The number of rotatable bonds is 9. The number of ether oxygens (including phenoxy) is 1. The van der Waals surface area contributed by atoms with Gasteiger partial charge in [-0.25, -0.2) is 14.8 Å². The van der Waals surface area contributed by atoms with Crippen LogP contribution >= 0.6 is 24.2 Å².